The van der Waals surface area contributed by atoms with Gasteiger partial charge in [0, 0.05) is 24.7 Å². The highest BCUT2D eigenvalue weighted by molar-refractivity contribution is 5.92. The van der Waals surface area contributed by atoms with Crippen molar-refractivity contribution in [2.24, 2.45) is 11.7 Å². The van der Waals surface area contributed by atoms with Gasteiger partial charge in [-0.2, -0.15) is 0 Å². The number of amides is 1. The Morgan fingerprint density at radius 1 is 1.30 bits per heavy atom. The first-order valence-electron chi connectivity index (χ1n) is 7.95. The maximum Gasteiger partial charge on any atom is 0.289 e. The van der Waals surface area contributed by atoms with Crippen LogP contribution in [0.25, 0.3) is 11.3 Å². The lowest BCUT2D eigenvalue weighted by molar-refractivity contribution is 0.0542. The summed E-state index contributed by atoms with van der Waals surface area (Å²) < 4.78 is 18.7. The molecule has 2 atom stereocenters. The van der Waals surface area contributed by atoms with Gasteiger partial charge in [0.15, 0.2) is 5.76 Å². The second kappa shape index (κ2) is 6.54. The number of benzene rings is 1. The lowest BCUT2D eigenvalue weighted by Gasteiger charge is -2.37. The summed E-state index contributed by atoms with van der Waals surface area (Å²) in [6.07, 6.45) is 1.90. The molecule has 1 aliphatic rings. The molecule has 0 saturated carbocycles. The average Bonchev–Trinajstić information content (AvgIpc) is 3.04. The van der Waals surface area contributed by atoms with Crippen LogP contribution in [0.5, 0.6) is 0 Å². The van der Waals surface area contributed by atoms with E-state index in [0.29, 0.717) is 30.5 Å². The first-order chi connectivity index (χ1) is 11.1. The molecule has 0 aliphatic carbocycles. The number of likely N-dealkylation sites (tertiary alicyclic amines) is 1. The summed E-state index contributed by atoms with van der Waals surface area (Å²) in [5, 5.41) is 0. The van der Waals surface area contributed by atoms with E-state index in [9.17, 15) is 9.18 Å². The van der Waals surface area contributed by atoms with Gasteiger partial charge in [-0.3, -0.25) is 4.79 Å². The van der Waals surface area contributed by atoms with Crippen molar-refractivity contribution in [3.05, 3.63) is 48.0 Å². The second-order valence-electron chi connectivity index (χ2n) is 6.19. The Morgan fingerprint density at radius 2 is 2.04 bits per heavy atom. The quantitative estimate of drug-likeness (QED) is 0.945. The van der Waals surface area contributed by atoms with E-state index < -0.39 is 0 Å². The van der Waals surface area contributed by atoms with Crippen LogP contribution < -0.4 is 5.73 Å². The lowest BCUT2D eigenvalue weighted by atomic mass is 9.92. The third kappa shape index (κ3) is 3.29. The molecule has 2 heterocycles. The first kappa shape index (κ1) is 15.7. The van der Waals surface area contributed by atoms with Gasteiger partial charge in [-0.25, -0.2) is 4.39 Å². The number of carbonyl (C=O) groups excluding carboxylic acids is 1. The molecule has 2 N–H and O–H groups in total. The molecular formula is C18H21FN2O2. The van der Waals surface area contributed by atoms with Gasteiger partial charge in [-0.1, -0.05) is 6.92 Å². The van der Waals surface area contributed by atoms with Gasteiger partial charge in [0.05, 0.1) is 0 Å². The maximum atomic E-state index is 13.0. The van der Waals surface area contributed by atoms with E-state index in [1.807, 2.05) is 4.90 Å². The summed E-state index contributed by atoms with van der Waals surface area (Å²) in [4.78, 5) is 14.5. The Kier molecular flexibility index (Phi) is 4.48. The number of carbonyl (C=O) groups is 1. The summed E-state index contributed by atoms with van der Waals surface area (Å²) in [7, 11) is 0. The summed E-state index contributed by atoms with van der Waals surface area (Å²) in [6.45, 7) is 3.35. The number of rotatable bonds is 3. The topological polar surface area (TPSA) is 59.5 Å². The van der Waals surface area contributed by atoms with E-state index in [1.165, 1.54) is 12.1 Å². The standard InChI is InChI=1S/C18H21FN2O2/c1-12-8-9-21(15(10-12)11-20)18(22)17-7-6-16(23-17)13-2-4-14(19)5-3-13/h2-7,12,15H,8-11,20H2,1H3. The maximum absolute atomic E-state index is 13.0. The Bertz CT molecular complexity index is 681. The van der Waals surface area contributed by atoms with Crippen molar-refractivity contribution in [3.63, 3.8) is 0 Å². The minimum absolute atomic E-state index is 0.0608. The molecule has 2 unspecified atom stereocenters. The van der Waals surface area contributed by atoms with Gasteiger partial charge in [0.25, 0.3) is 5.91 Å². The van der Waals surface area contributed by atoms with Gasteiger partial charge in [0.1, 0.15) is 11.6 Å². The Labute approximate surface area is 135 Å². The zero-order valence-electron chi connectivity index (χ0n) is 13.2. The highest BCUT2D eigenvalue weighted by Gasteiger charge is 2.31. The van der Waals surface area contributed by atoms with Gasteiger partial charge >= 0.3 is 0 Å². The highest BCUT2D eigenvalue weighted by Crippen LogP contribution is 2.27. The van der Waals surface area contributed by atoms with Crippen LogP contribution in [0.15, 0.2) is 40.8 Å². The summed E-state index contributed by atoms with van der Waals surface area (Å²) in [5.41, 5.74) is 6.57. The van der Waals surface area contributed by atoms with Crippen LogP contribution in [0.2, 0.25) is 0 Å². The molecule has 23 heavy (non-hydrogen) atoms. The minimum atomic E-state index is -0.301. The Morgan fingerprint density at radius 3 is 2.74 bits per heavy atom. The van der Waals surface area contributed by atoms with E-state index in [-0.39, 0.29) is 17.8 Å². The van der Waals surface area contributed by atoms with Crippen LogP contribution in [0.4, 0.5) is 4.39 Å². The molecule has 1 amide bonds. The van der Waals surface area contributed by atoms with Crippen molar-refractivity contribution < 1.29 is 13.6 Å². The molecule has 5 heteroatoms. The van der Waals surface area contributed by atoms with Crippen LogP contribution >= 0.6 is 0 Å². The molecule has 0 spiro atoms. The predicted molar refractivity (Wildman–Crippen MR) is 86.4 cm³/mol. The third-order valence-corrected chi connectivity index (χ3v) is 4.46. The number of nitrogens with zero attached hydrogens (tertiary/aromatic N) is 1. The minimum Gasteiger partial charge on any atom is -0.451 e. The van der Waals surface area contributed by atoms with Crippen molar-refractivity contribution in [1.29, 1.82) is 0 Å². The molecule has 1 fully saturated rings. The Balaban J connectivity index is 1.79. The zero-order valence-corrected chi connectivity index (χ0v) is 13.2. The van der Waals surface area contributed by atoms with E-state index in [4.69, 9.17) is 10.2 Å². The molecule has 3 rings (SSSR count). The molecule has 4 nitrogen and oxygen atoms in total. The van der Waals surface area contributed by atoms with E-state index in [1.54, 1.807) is 24.3 Å². The molecule has 1 saturated heterocycles. The molecule has 1 aliphatic heterocycles. The van der Waals surface area contributed by atoms with E-state index in [2.05, 4.69) is 6.92 Å². The van der Waals surface area contributed by atoms with Crippen molar-refractivity contribution >= 4 is 5.91 Å². The van der Waals surface area contributed by atoms with Crippen molar-refractivity contribution in [3.8, 4) is 11.3 Å². The summed E-state index contributed by atoms with van der Waals surface area (Å²) in [5.74, 6) is 1.02. The fraction of sp³-hybridized carbons (Fsp3) is 0.389. The van der Waals surface area contributed by atoms with Crippen LogP contribution in [0.3, 0.4) is 0 Å². The monoisotopic (exact) mass is 316 g/mol. The number of piperidine rings is 1. The van der Waals surface area contributed by atoms with Gasteiger partial charge in [-0.05, 0) is 55.2 Å². The van der Waals surface area contributed by atoms with Crippen molar-refractivity contribution in [2.45, 2.75) is 25.8 Å². The Hall–Kier alpha value is -2.14. The van der Waals surface area contributed by atoms with Crippen LogP contribution in [-0.4, -0.2) is 29.9 Å². The van der Waals surface area contributed by atoms with Crippen LogP contribution in [0, 0.1) is 11.7 Å². The van der Waals surface area contributed by atoms with Gasteiger partial charge in [0.2, 0.25) is 0 Å². The predicted octanol–water partition coefficient (Wildman–Crippen LogP) is 3.29. The van der Waals surface area contributed by atoms with Crippen molar-refractivity contribution in [1.82, 2.24) is 4.90 Å². The summed E-state index contributed by atoms with van der Waals surface area (Å²) in [6, 6.07) is 9.48. The zero-order chi connectivity index (χ0) is 16.4. The largest absolute Gasteiger partial charge is 0.451 e. The van der Waals surface area contributed by atoms with E-state index in [0.717, 1.165) is 18.4 Å². The SMILES string of the molecule is CC1CCN(C(=O)c2ccc(-c3ccc(F)cc3)o2)C(CN)C1. The van der Waals surface area contributed by atoms with E-state index >= 15 is 0 Å². The molecule has 122 valence electrons. The highest BCUT2D eigenvalue weighted by atomic mass is 19.1. The number of hydrogen-bond donors (Lipinski definition) is 1. The number of hydrogen-bond acceptors (Lipinski definition) is 3. The molecular weight excluding hydrogens is 295 g/mol. The molecule has 1 aromatic heterocycles. The first-order valence-corrected chi connectivity index (χ1v) is 7.95. The molecule has 2 aromatic rings. The fourth-order valence-electron chi connectivity index (χ4n) is 3.11. The second-order valence-corrected chi connectivity index (χ2v) is 6.19. The summed E-state index contributed by atoms with van der Waals surface area (Å²) >= 11 is 0. The number of furan rings is 1. The third-order valence-electron chi connectivity index (χ3n) is 4.46. The van der Waals surface area contributed by atoms with Gasteiger partial charge in [-0.15, -0.1) is 0 Å². The van der Waals surface area contributed by atoms with Crippen LogP contribution in [0.1, 0.15) is 30.3 Å². The smallest absolute Gasteiger partial charge is 0.289 e. The average molecular weight is 316 g/mol. The number of nitrogens with two attached hydrogens (primary N) is 1. The van der Waals surface area contributed by atoms with Gasteiger partial charge < -0.3 is 15.1 Å². The normalized spacial score (nSPS) is 21.4. The van der Waals surface area contributed by atoms with Crippen molar-refractivity contribution in [2.75, 3.05) is 13.1 Å². The lowest BCUT2D eigenvalue weighted by Crippen LogP contribution is -2.49. The fourth-order valence-corrected chi connectivity index (χ4v) is 3.11. The molecule has 1 aromatic carbocycles. The number of halogens is 1. The molecule has 0 radical (unpaired) electrons. The van der Waals surface area contributed by atoms with Crippen LogP contribution in [-0.2, 0) is 0 Å². The molecule has 0 bridgehead atoms.